The second kappa shape index (κ2) is 14.5. The van der Waals surface area contributed by atoms with Gasteiger partial charge in [0.2, 0.25) is 0 Å². The molecular weight excluding hydrogens is 566 g/mol. The number of rotatable bonds is 9. The highest BCUT2D eigenvalue weighted by Crippen LogP contribution is 2.24. The monoisotopic (exact) mass is 593 g/mol. The van der Waals surface area contributed by atoms with Gasteiger partial charge in [-0.15, -0.1) is 0 Å². The van der Waals surface area contributed by atoms with E-state index in [4.69, 9.17) is 23.8 Å². The zero-order valence-corrected chi connectivity index (χ0v) is 23.3. The molecule has 0 bridgehead atoms. The molecule has 5 rings (SSSR count). The second-order valence-electron chi connectivity index (χ2n) is 9.57. The van der Waals surface area contributed by atoms with E-state index in [1.165, 1.54) is 0 Å². The number of ether oxygens (including phenoxy) is 4. The molecule has 4 aromatic rings. The number of nitrogens with zero attached hydrogens (tertiary/aromatic N) is 1. The van der Waals surface area contributed by atoms with Crippen molar-refractivity contribution in [1.29, 1.82) is 0 Å². The van der Waals surface area contributed by atoms with Crippen LogP contribution in [-0.2, 0) is 23.8 Å². The van der Waals surface area contributed by atoms with Crippen LogP contribution in [0.1, 0.15) is 41.4 Å². The van der Waals surface area contributed by atoms with Crippen molar-refractivity contribution in [2.45, 2.75) is 18.3 Å². The van der Waals surface area contributed by atoms with Crippen LogP contribution >= 0.6 is 0 Å². The molecule has 3 atom stereocenters. The number of esters is 3. The summed E-state index contributed by atoms with van der Waals surface area (Å²) in [5, 5.41) is 3.96. The third kappa shape index (κ3) is 7.61. The summed E-state index contributed by atoms with van der Waals surface area (Å²) in [6, 6.07) is 32.8. The number of carbonyl (C=O) groups is 4. The molecule has 1 aliphatic heterocycles. The summed E-state index contributed by atoms with van der Waals surface area (Å²) in [4.78, 5) is 57.0. The molecule has 0 spiro atoms. The van der Waals surface area contributed by atoms with E-state index in [9.17, 15) is 19.2 Å². The number of benzene rings is 4. The Morgan fingerprint density at radius 2 is 1.02 bits per heavy atom. The first-order valence-electron chi connectivity index (χ1n) is 13.7. The highest BCUT2D eigenvalue weighted by atomic mass is 16.7. The van der Waals surface area contributed by atoms with E-state index in [1.807, 2.05) is 0 Å². The first kappa shape index (κ1) is 29.9. The van der Waals surface area contributed by atoms with Crippen LogP contribution in [0.5, 0.6) is 0 Å². The van der Waals surface area contributed by atoms with Crippen LogP contribution in [0.4, 0.5) is 0 Å². The number of oxime groups is 1. The largest absolute Gasteiger partial charge is 0.459 e. The van der Waals surface area contributed by atoms with Gasteiger partial charge in [-0.1, -0.05) is 78.0 Å². The summed E-state index contributed by atoms with van der Waals surface area (Å²) < 4.78 is 23.1. The first-order valence-corrected chi connectivity index (χ1v) is 13.7. The first-order chi connectivity index (χ1) is 21.5. The van der Waals surface area contributed by atoms with Gasteiger partial charge in [0.1, 0.15) is 18.4 Å². The van der Waals surface area contributed by atoms with E-state index in [1.54, 1.807) is 121 Å². The molecule has 0 radical (unpaired) electrons. The normalized spacial score (nSPS) is 18.5. The molecule has 1 aliphatic rings. The summed E-state index contributed by atoms with van der Waals surface area (Å²) >= 11 is 0. The van der Waals surface area contributed by atoms with E-state index in [0.717, 1.165) is 0 Å². The molecule has 0 aliphatic carbocycles. The van der Waals surface area contributed by atoms with Crippen LogP contribution in [0.15, 0.2) is 126 Å². The smallest absolute Gasteiger partial charge is 0.365 e. The van der Waals surface area contributed by atoms with Crippen molar-refractivity contribution in [2.75, 3.05) is 13.2 Å². The van der Waals surface area contributed by atoms with Gasteiger partial charge in [0, 0.05) is 0 Å². The molecule has 10 nitrogen and oxygen atoms in total. The van der Waals surface area contributed by atoms with Crippen molar-refractivity contribution in [3.63, 3.8) is 0 Å². The van der Waals surface area contributed by atoms with Crippen LogP contribution < -0.4 is 0 Å². The number of hydrogen-bond donors (Lipinski definition) is 0. The van der Waals surface area contributed by atoms with Crippen molar-refractivity contribution in [3.8, 4) is 0 Å². The lowest BCUT2D eigenvalue weighted by Crippen LogP contribution is -2.56. The van der Waals surface area contributed by atoms with Crippen LogP contribution in [0, 0.1) is 0 Å². The van der Waals surface area contributed by atoms with Gasteiger partial charge in [-0.25, -0.2) is 19.2 Å². The van der Waals surface area contributed by atoms with Crippen molar-refractivity contribution >= 4 is 29.6 Å². The molecule has 0 unspecified atom stereocenters. The quantitative estimate of drug-likeness (QED) is 0.115. The summed E-state index contributed by atoms with van der Waals surface area (Å²) in [6.07, 6.45) is -3.79. The average molecular weight is 594 g/mol. The molecule has 10 heteroatoms. The molecule has 222 valence electrons. The van der Waals surface area contributed by atoms with Gasteiger partial charge in [0.05, 0.1) is 28.9 Å². The Bertz CT molecular complexity index is 1610. The van der Waals surface area contributed by atoms with Crippen LogP contribution in [0.25, 0.3) is 0 Å². The Balaban J connectivity index is 1.45. The molecule has 1 fully saturated rings. The van der Waals surface area contributed by atoms with Gasteiger partial charge in [-0.2, -0.15) is 0 Å². The van der Waals surface area contributed by atoms with Crippen LogP contribution in [0.3, 0.4) is 0 Å². The molecule has 4 aromatic carbocycles. The summed E-state index contributed by atoms with van der Waals surface area (Å²) in [7, 11) is 0. The van der Waals surface area contributed by atoms with E-state index in [-0.39, 0.29) is 35.6 Å². The van der Waals surface area contributed by atoms with Crippen molar-refractivity contribution in [3.05, 3.63) is 144 Å². The van der Waals surface area contributed by atoms with Crippen LogP contribution in [-0.4, -0.2) is 61.1 Å². The van der Waals surface area contributed by atoms with Gasteiger partial charge < -0.3 is 23.8 Å². The maximum Gasteiger partial charge on any atom is 0.365 e. The molecule has 44 heavy (non-hydrogen) atoms. The minimum atomic E-state index is -1.37. The van der Waals surface area contributed by atoms with Crippen molar-refractivity contribution < 1.29 is 43.0 Å². The Hall–Kier alpha value is -5.61. The summed E-state index contributed by atoms with van der Waals surface area (Å²) in [5.41, 5.74) is 0.961. The van der Waals surface area contributed by atoms with Gasteiger partial charge in [-0.05, 0) is 48.5 Å². The van der Waals surface area contributed by atoms with Gasteiger partial charge in [0.25, 0.3) is 0 Å². The van der Waals surface area contributed by atoms with E-state index >= 15 is 0 Å². The lowest BCUT2D eigenvalue weighted by Gasteiger charge is -2.36. The highest BCUT2D eigenvalue weighted by molar-refractivity contribution is 5.97. The molecule has 0 saturated carbocycles. The third-order valence-electron chi connectivity index (χ3n) is 6.58. The molecule has 0 N–H and O–H groups in total. The standard InChI is InChI=1S/C34H27NO9/c36-31(23-13-5-1-6-14-23)41-22-28-30(43-33(38)25-17-9-3-10-18-25)29(42-32(37)24-15-7-2-8-16-24)27(21-40-28)35-44-34(39)26-19-11-4-12-20-26/h1-20,28-30H,21-22H2/b35-27-/t28-,29-,30-/m1/s1. The number of carbonyl (C=O) groups excluding carboxylic acids is 4. The fraction of sp³-hybridized carbons (Fsp3) is 0.147. The second-order valence-corrected chi connectivity index (χ2v) is 9.57. The van der Waals surface area contributed by atoms with E-state index in [0.29, 0.717) is 5.56 Å². The van der Waals surface area contributed by atoms with E-state index < -0.39 is 42.2 Å². The lowest BCUT2D eigenvalue weighted by atomic mass is 10.00. The maximum atomic E-state index is 13.2. The Morgan fingerprint density at radius 3 is 1.52 bits per heavy atom. The minimum Gasteiger partial charge on any atom is -0.459 e. The number of hydrogen-bond acceptors (Lipinski definition) is 10. The predicted octanol–water partition coefficient (Wildman–Crippen LogP) is 4.91. The van der Waals surface area contributed by atoms with Gasteiger partial charge in [-0.3, -0.25) is 0 Å². The minimum absolute atomic E-state index is 0.0324. The Labute approximate surface area is 252 Å². The molecule has 0 aromatic heterocycles. The summed E-state index contributed by atoms with van der Waals surface area (Å²) in [5.74, 6) is -2.89. The zero-order valence-electron chi connectivity index (χ0n) is 23.3. The van der Waals surface area contributed by atoms with Gasteiger partial charge in [0.15, 0.2) is 12.2 Å². The molecule has 1 heterocycles. The molecule has 0 amide bonds. The van der Waals surface area contributed by atoms with Gasteiger partial charge >= 0.3 is 23.9 Å². The maximum absolute atomic E-state index is 13.2. The Morgan fingerprint density at radius 1 is 0.591 bits per heavy atom. The SMILES string of the molecule is O=C(OC[C@H]1OC/C(=N/OC(=O)c2ccccc2)[C@@H](OC(=O)c2ccccc2)[C@@H]1OC(=O)c1ccccc1)c1ccccc1. The van der Waals surface area contributed by atoms with Crippen molar-refractivity contribution in [2.24, 2.45) is 5.16 Å². The summed E-state index contributed by atoms with van der Waals surface area (Å²) in [6.45, 7) is -0.640. The fourth-order valence-electron chi connectivity index (χ4n) is 4.31. The highest BCUT2D eigenvalue weighted by Gasteiger charge is 2.45. The van der Waals surface area contributed by atoms with E-state index in [2.05, 4.69) is 5.16 Å². The Kier molecular flexibility index (Phi) is 9.86. The average Bonchev–Trinajstić information content (AvgIpc) is 3.09. The van der Waals surface area contributed by atoms with Crippen LogP contribution in [0.2, 0.25) is 0 Å². The molecular formula is C34H27NO9. The topological polar surface area (TPSA) is 127 Å². The van der Waals surface area contributed by atoms with Crippen molar-refractivity contribution in [1.82, 2.24) is 0 Å². The fourth-order valence-corrected chi connectivity index (χ4v) is 4.31. The zero-order chi connectivity index (χ0) is 30.7. The lowest BCUT2D eigenvalue weighted by molar-refractivity contribution is -0.115. The molecule has 1 saturated heterocycles. The third-order valence-corrected chi connectivity index (χ3v) is 6.58. The predicted molar refractivity (Wildman–Crippen MR) is 157 cm³/mol.